The first-order chi connectivity index (χ1) is 8.85. The molecule has 0 aromatic heterocycles. The molecule has 1 aliphatic carbocycles. The van der Waals surface area contributed by atoms with Crippen LogP contribution in [0, 0.1) is 5.92 Å². The number of likely N-dealkylation sites (tertiary alicyclic amines) is 1. The predicted octanol–water partition coefficient (Wildman–Crippen LogP) is 0.912. The van der Waals surface area contributed by atoms with Gasteiger partial charge < -0.3 is 15.1 Å². The fourth-order valence-corrected chi connectivity index (χ4v) is 3.59. The molecule has 1 unspecified atom stereocenters. The van der Waals surface area contributed by atoms with Crippen molar-refractivity contribution >= 4 is 0 Å². The van der Waals surface area contributed by atoms with Crippen LogP contribution >= 0.6 is 0 Å². The van der Waals surface area contributed by atoms with Gasteiger partial charge in [-0.2, -0.15) is 0 Å². The van der Waals surface area contributed by atoms with Crippen LogP contribution in [0.3, 0.4) is 0 Å². The largest absolute Gasteiger partial charge is 0.386 e. The predicted molar refractivity (Wildman–Crippen MR) is 77.1 cm³/mol. The highest BCUT2D eigenvalue weighted by Gasteiger charge is 2.42. The van der Waals surface area contributed by atoms with E-state index in [1.807, 2.05) is 12.2 Å². The molecule has 0 radical (unpaired) electrons. The standard InChI is InChI=1S/C16H29NO2/c1-13-12-17(3)14(2)11-16(13,19)10-9-15(18)7-5-4-6-8-15/h9-10,13-14,18-19H,4-8,11-12H2,1-3H3/p+1/b10-9+/t13-,14+,16-/m1/s1. The van der Waals surface area contributed by atoms with Crippen molar-refractivity contribution in [2.45, 2.75) is 69.6 Å². The number of aliphatic hydroxyl groups is 2. The molecule has 2 rings (SSSR count). The van der Waals surface area contributed by atoms with Gasteiger partial charge in [-0.25, -0.2) is 0 Å². The minimum atomic E-state index is -0.744. The van der Waals surface area contributed by atoms with E-state index in [0.717, 1.165) is 38.6 Å². The summed E-state index contributed by atoms with van der Waals surface area (Å²) in [5.74, 6) is 0.243. The van der Waals surface area contributed by atoms with E-state index in [9.17, 15) is 10.2 Å². The molecule has 1 heterocycles. The maximum Gasteiger partial charge on any atom is 0.0963 e. The number of hydrogen-bond donors (Lipinski definition) is 3. The van der Waals surface area contributed by atoms with Crippen molar-refractivity contribution in [2.24, 2.45) is 5.92 Å². The molecule has 0 amide bonds. The Kier molecular flexibility index (Phi) is 4.38. The fraction of sp³-hybridized carbons (Fsp3) is 0.875. The van der Waals surface area contributed by atoms with Crippen LogP contribution in [-0.2, 0) is 0 Å². The Balaban J connectivity index is 2.07. The van der Waals surface area contributed by atoms with Gasteiger partial charge in [-0.3, -0.25) is 0 Å². The Morgan fingerprint density at radius 2 is 1.68 bits per heavy atom. The fourth-order valence-electron chi connectivity index (χ4n) is 3.59. The molecule has 1 saturated carbocycles. The molecule has 3 heteroatoms. The van der Waals surface area contributed by atoms with E-state index in [4.69, 9.17) is 0 Å². The first-order valence-corrected chi connectivity index (χ1v) is 7.82. The number of quaternary nitrogens is 1. The van der Waals surface area contributed by atoms with Gasteiger partial charge in [0.05, 0.1) is 30.8 Å². The van der Waals surface area contributed by atoms with E-state index >= 15 is 0 Å². The molecular formula is C16H30NO2+. The molecule has 0 spiro atoms. The van der Waals surface area contributed by atoms with Gasteiger partial charge in [0.1, 0.15) is 0 Å². The molecule has 110 valence electrons. The minimum Gasteiger partial charge on any atom is -0.386 e. The second-order valence-corrected chi connectivity index (χ2v) is 7.05. The van der Waals surface area contributed by atoms with E-state index in [-0.39, 0.29) is 5.92 Å². The monoisotopic (exact) mass is 268 g/mol. The van der Waals surface area contributed by atoms with Crippen molar-refractivity contribution in [3.8, 4) is 0 Å². The Bertz CT molecular complexity index is 336. The topological polar surface area (TPSA) is 44.9 Å². The zero-order valence-electron chi connectivity index (χ0n) is 12.7. The summed E-state index contributed by atoms with van der Waals surface area (Å²) in [6.45, 7) is 5.29. The van der Waals surface area contributed by atoms with Crippen LogP contribution in [0.25, 0.3) is 0 Å². The molecule has 0 bridgehead atoms. The molecule has 0 aromatic carbocycles. The van der Waals surface area contributed by atoms with Gasteiger partial charge in [-0.1, -0.05) is 38.3 Å². The van der Waals surface area contributed by atoms with Crippen molar-refractivity contribution in [3.63, 3.8) is 0 Å². The first-order valence-electron chi connectivity index (χ1n) is 7.82. The van der Waals surface area contributed by atoms with Crippen molar-refractivity contribution in [1.29, 1.82) is 0 Å². The molecule has 19 heavy (non-hydrogen) atoms. The molecule has 1 aliphatic heterocycles. The van der Waals surface area contributed by atoms with Gasteiger partial charge in [0.15, 0.2) is 0 Å². The summed E-state index contributed by atoms with van der Waals surface area (Å²) in [5.41, 5.74) is -1.42. The average molecular weight is 268 g/mol. The summed E-state index contributed by atoms with van der Waals surface area (Å²) in [6.07, 6.45) is 9.69. The summed E-state index contributed by atoms with van der Waals surface area (Å²) in [5, 5.41) is 21.4. The normalized spacial score (nSPS) is 43.5. The zero-order chi connectivity index (χ0) is 14.1. The van der Waals surface area contributed by atoms with Gasteiger partial charge in [0.25, 0.3) is 0 Å². The van der Waals surface area contributed by atoms with E-state index in [1.165, 1.54) is 11.3 Å². The van der Waals surface area contributed by atoms with Gasteiger partial charge in [0.2, 0.25) is 0 Å². The van der Waals surface area contributed by atoms with Gasteiger partial charge in [0, 0.05) is 12.3 Å². The summed E-state index contributed by atoms with van der Waals surface area (Å²) in [7, 11) is 2.19. The summed E-state index contributed by atoms with van der Waals surface area (Å²) in [6, 6.07) is 0.465. The Morgan fingerprint density at radius 3 is 2.32 bits per heavy atom. The molecule has 2 fully saturated rings. The van der Waals surface area contributed by atoms with Crippen molar-refractivity contribution < 1.29 is 15.1 Å². The summed E-state index contributed by atoms with van der Waals surface area (Å²) < 4.78 is 0. The van der Waals surface area contributed by atoms with Crippen LogP contribution in [0.15, 0.2) is 12.2 Å². The lowest BCUT2D eigenvalue weighted by Gasteiger charge is -2.42. The van der Waals surface area contributed by atoms with Crippen LogP contribution in [0.4, 0.5) is 0 Å². The Labute approximate surface area is 117 Å². The Morgan fingerprint density at radius 1 is 1.05 bits per heavy atom. The van der Waals surface area contributed by atoms with Crippen LogP contribution < -0.4 is 4.90 Å². The quantitative estimate of drug-likeness (QED) is 0.652. The molecule has 2 aliphatic rings. The lowest BCUT2D eigenvalue weighted by molar-refractivity contribution is -0.915. The second kappa shape index (κ2) is 5.55. The molecular weight excluding hydrogens is 238 g/mol. The summed E-state index contributed by atoms with van der Waals surface area (Å²) in [4.78, 5) is 1.49. The average Bonchev–Trinajstić information content (AvgIpc) is 2.36. The lowest BCUT2D eigenvalue weighted by atomic mass is 9.77. The minimum absolute atomic E-state index is 0.243. The van der Waals surface area contributed by atoms with E-state index in [2.05, 4.69) is 20.9 Å². The van der Waals surface area contributed by atoms with E-state index in [1.54, 1.807) is 0 Å². The van der Waals surface area contributed by atoms with Crippen LogP contribution in [0.2, 0.25) is 0 Å². The van der Waals surface area contributed by atoms with Crippen LogP contribution in [-0.4, -0.2) is 41.0 Å². The third-order valence-electron chi connectivity index (χ3n) is 5.36. The van der Waals surface area contributed by atoms with E-state index in [0.29, 0.717) is 6.04 Å². The van der Waals surface area contributed by atoms with E-state index < -0.39 is 11.2 Å². The van der Waals surface area contributed by atoms with Crippen LogP contribution in [0.1, 0.15) is 52.4 Å². The number of hydrogen-bond acceptors (Lipinski definition) is 2. The first kappa shape index (κ1) is 15.0. The second-order valence-electron chi connectivity index (χ2n) is 7.05. The third kappa shape index (κ3) is 3.39. The van der Waals surface area contributed by atoms with Gasteiger partial charge in [-0.15, -0.1) is 0 Å². The number of rotatable bonds is 2. The van der Waals surface area contributed by atoms with Crippen LogP contribution in [0.5, 0.6) is 0 Å². The number of nitrogens with one attached hydrogen (secondary N) is 1. The third-order valence-corrected chi connectivity index (χ3v) is 5.36. The Hall–Kier alpha value is -0.380. The lowest BCUT2D eigenvalue weighted by Crippen LogP contribution is -3.15. The highest BCUT2D eigenvalue weighted by molar-refractivity contribution is 5.12. The molecule has 0 aromatic rings. The molecule has 3 nitrogen and oxygen atoms in total. The highest BCUT2D eigenvalue weighted by atomic mass is 16.3. The van der Waals surface area contributed by atoms with Gasteiger partial charge in [-0.05, 0) is 19.8 Å². The smallest absolute Gasteiger partial charge is 0.0963 e. The molecule has 3 N–H and O–H groups in total. The van der Waals surface area contributed by atoms with Crippen molar-refractivity contribution in [2.75, 3.05) is 13.6 Å². The highest BCUT2D eigenvalue weighted by Crippen LogP contribution is 2.32. The van der Waals surface area contributed by atoms with Crippen molar-refractivity contribution in [3.05, 3.63) is 12.2 Å². The van der Waals surface area contributed by atoms with Gasteiger partial charge >= 0.3 is 0 Å². The maximum atomic E-state index is 10.9. The summed E-state index contributed by atoms with van der Waals surface area (Å²) >= 11 is 0. The maximum absolute atomic E-state index is 10.9. The molecule has 1 saturated heterocycles. The molecule has 4 atom stereocenters. The number of piperidine rings is 1. The van der Waals surface area contributed by atoms with Crippen molar-refractivity contribution in [1.82, 2.24) is 0 Å². The zero-order valence-corrected chi connectivity index (χ0v) is 12.7. The SMILES string of the molecule is C[C@@H]1C[NH+](C)[C@@H](C)C[C@]1(O)/C=C/C1(O)CCCCC1.